The first kappa shape index (κ1) is 24.1. The third-order valence-electron chi connectivity index (χ3n) is 5.59. The van der Waals surface area contributed by atoms with E-state index in [4.69, 9.17) is 15.3 Å². The molecule has 2 fully saturated rings. The summed E-state index contributed by atoms with van der Waals surface area (Å²) in [5.74, 6) is 7.09. The number of nitrogens with one attached hydrogen (secondary N) is 1. The summed E-state index contributed by atoms with van der Waals surface area (Å²) in [6.07, 6.45) is 2.28. The second kappa shape index (κ2) is 9.91. The summed E-state index contributed by atoms with van der Waals surface area (Å²) < 4.78 is 12.4. The average molecular weight is 448 g/mol. The van der Waals surface area contributed by atoms with Crippen molar-refractivity contribution in [3.8, 4) is 0 Å². The number of nitrogens with zero attached hydrogens (tertiary/aromatic N) is 5. The van der Waals surface area contributed by atoms with E-state index in [1.807, 2.05) is 45.4 Å². The van der Waals surface area contributed by atoms with Crippen LogP contribution in [0.25, 0.3) is 11.2 Å². The van der Waals surface area contributed by atoms with Crippen molar-refractivity contribution in [2.45, 2.75) is 59.1 Å². The molecule has 0 saturated carbocycles. The summed E-state index contributed by atoms with van der Waals surface area (Å²) in [4.78, 5) is 25.6. The van der Waals surface area contributed by atoms with Crippen LogP contribution < -0.4 is 16.2 Å². The number of nitrogen functional groups attached to an aromatic ring is 1. The van der Waals surface area contributed by atoms with Gasteiger partial charge >= 0.3 is 6.09 Å². The quantitative estimate of drug-likeness (QED) is 0.534. The van der Waals surface area contributed by atoms with Crippen molar-refractivity contribution >= 4 is 28.8 Å². The van der Waals surface area contributed by atoms with Crippen LogP contribution in [0.1, 0.15) is 46.4 Å². The largest absolute Gasteiger partial charge is 0.444 e. The molecule has 1 amide bonds. The average Bonchev–Trinajstić information content (AvgIpc) is 3.39. The van der Waals surface area contributed by atoms with Gasteiger partial charge in [-0.05, 0) is 47.5 Å². The Morgan fingerprint density at radius 1 is 1.25 bits per heavy atom. The van der Waals surface area contributed by atoms with Crippen LogP contribution in [0, 0.1) is 6.92 Å². The smallest absolute Gasteiger partial charge is 0.410 e. The molecular weight excluding hydrogens is 410 g/mol. The van der Waals surface area contributed by atoms with Crippen molar-refractivity contribution in [3.63, 3.8) is 0 Å². The number of piperazine rings is 1. The SMILES string of the molecule is C1CCOC1.Cc1nc2c(N3CCN(C(=O)OC(C)(C)C)CC3C)cc(NN)nc2n1C. The molecule has 178 valence electrons. The summed E-state index contributed by atoms with van der Waals surface area (Å²) in [5, 5.41) is 0. The van der Waals surface area contributed by atoms with Crippen molar-refractivity contribution in [1.82, 2.24) is 19.4 Å². The molecule has 10 nitrogen and oxygen atoms in total. The highest BCUT2D eigenvalue weighted by molar-refractivity contribution is 5.89. The van der Waals surface area contributed by atoms with E-state index in [0.717, 1.165) is 35.9 Å². The lowest BCUT2D eigenvalue weighted by Crippen LogP contribution is -2.54. The Morgan fingerprint density at radius 2 is 1.94 bits per heavy atom. The minimum Gasteiger partial charge on any atom is -0.444 e. The van der Waals surface area contributed by atoms with E-state index < -0.39 is 5.60 Å². The fourth-order valence-electron chi connectivity index (χ4n) is 3.85. The van der Waals surface area contributed by atoms with Gasteiger partial charge in [-0.2, -0.15) is 0 Å². The number of hydrogen-bond donors (Lipinski definition) is 2. The van der Waals surface area contributed by atoms with E-state index in [9.17, 15) is 4.79 Å². The van der Waals surface area contributed by atoms with Crippen LogP contribution in [0.5, 0.6) is 0 Å². The lowest BCUT2D eigenvalue weighted by Gasteiger charge is -2.41. The molecular formula is C22H37N7O3. The number of rotatable bonds is 2. The Bertz CT molecular complexity index is 926. The first-order valence-corrected chi connectivity index (χ1v) is 11.2. The highest BCUT2D eigenvalue weighted by atomic mass is 16.6. The second-order valence-electron chi connectivity index (χ2n) is 9.35. The Kier molecular flexibility index (Phi) is 7.45. The van der Waals surface area contributed by atoms with E-state index in [1.165, 1.54) is 12.8 Å². The van der Waals surface area contributed by atoms with Gasteiger partial charge in [0.05, 0.1) is 5.69 Å². The molecule has 0 spiro atoms. The topological polar surface area (TPSA) is 111 Å². The van der Waals surface area contributed by atoms with E-state index in [2.05, 4.69) is 27.2 Å². The number of imidazole rings is 1. The number of aromatic nitrogens is 3. The summed E-state index contributed by atoms with van der Waals surface area (Å²) in [7, 11) is 1.94. The molecule has 2 aliphatic rings. The van der Waals surface area contributed by atoms with Crippen molar-refractivity contribution in [2.24, 2.45) is 12.9 Å². The predicted octanol–water partition coefficient (Wildman–Crippen LogP) is 2.80. The van der Waals surface area contributed by atoms with Gasteiger partial charge in [0.1, 0.15) is 22.8 Å². The molecule has 0 radical (unpaired) electrons. The zero-order valence-corrected chi connectivity index (χ0v) is 20.1. The second-order valence-corrected chi connectivity index (χ2v) is 9.35. The molecule has 0 aromatic carbocycles. The van der Waals surface area contributed by atoms with E-state index in [0.29, 0.717) is 25.5 Å². The third kappa shape index (κ3) is 5.60. The fraction of sp³-hybridized carbons (Fsp3) is 0.682. The van der Waals surface area contributed by atoms with Crippen molar-refractivity contribution in [2.75, 3.05) is 43.2 Å². The number of aryl methyl sites for hydroxylation is 2. The molecule has 1 unspecified atom stereocenters. The number of fused-ring (bicyclic) bond motifs is 1. The van der Waals surface area contributed by atoms with Crippen LogP contribution in [0.15, 0.2) is 6.07 Å². The van der Waals surface area contributed by atoms with Gasteiger partial charge in [0.25, 0.3) is 0 Å². The normalized spacial score (nSPS) is 19.0. The Morgan fingerprint density at radius 3 is 2.47 bits per heavy atom. The van der Waals surface area contributed by atoms with Gasteiger partial charge in [-0.1, -0.05) is 0 Å². The zero-order chi connectivity index (χ0) is 23.5. The van der Waals surface area contributed by atoms with Crippen LogP contribution in [0.3, 0.4) is 0 Å². The van der Waals surface area contributed by atoms with Crippen molar-refractivity contribution < 1.29 is 14.3 Å². The number of carbonyl (C=O) groups is 1. The molecule has 4 rings (SSSR count). The Hall–Kier alpha value is -2.59. The summed E-state index contributed by atoms with van der Waals surface area (Å²) in [6, 6.07) is 2.01. The van der Waals surface area contributed by atoms with Gasteiger partial charge < -0.3 is 29.3 Å². The number of ether oxygens (including phenoxy) is 2. The molecule has 4 heterocycles. The van der Waals surface area contributed by atoms with E-state index >= 15 is 0 Å². The minimum atomic E-state index is -0.498. The predicted molar refractivity (Wildman–Crippen MR) is 126 cm³/mol. The van der Waals surface area contributed by atoms with Gasteiger partial charge in [0, 0.05) is 52.0 Å². The summed E-state index contributed by atoms with van der Waals surface area (Å²) in [6.45, 7) is 13.5. The van der Waals surface area contributed by atoms with Crippen molar-refractivity contribution in [3.05, 3.63) is 11.9 Å². The van der Waals surface area contributed by atoms with Gasteiger partial charge in [0.15, 0.2) is 5.65 Å². The molecule has 0 bridgehead atoms. The zero-order valence-electron chi connectivity index (χ0n) is 20.1. The highest BCUT2D eigenvalue weighted by Gasteiger charge is 2.31. The first-order chi connectivity index (χ1) is 15.1. The number of anilines is 2. The molecule has 2 aliphatic heterocycles. The van der Waals surface area contributed by atoms with Crippen LogP contribution in [-0.2, 0) is 16.5 Å². The number of amides is 1. The van der Waals surface area contributed by atoms with Crippen LogP contribution in [0.2, 0.25) is 0 Å². The van der Waals surface area contributed by atoms with Gasteiger partial charge in [0.2, 0.25) is 0 Å². The standard InChI is InChI=1S/C18H29N7O2.C4H8O/c1-11-10-24(17(26)27-18(3,4)5)7-8-25(11)13-9-14(22-19)21-16-15(13)20-12(2)23(16)6;1-2-4-5-3-1/h9,11H,7-8,10,19H2,1-6H3,(H,21,22);1-4H2. The molecule has 1 atom stereocenters. The molecule has 2 aromatic heterocycles. The van der Waals surface area contributed by atoms with Crippen molar-refractivity contribution in [1.29, 1.82) is 0 Å². The maximum atomic E-state index is 12.4. The maximum Gasteiger partial charge on any atom is 0.410 e. The summed E-state index contributed by atoms with van der Waals surface area (Å²) >= 11 is 0. The lowest BCUT2D eigenvalue weighted by molar-refractivity contribution is 0.0219. The molecule has 3 N–H and O–H groups in total. The monoisotopic (exact) mass is 447 g/mol. The maximum absolute atomic E-state index is 12.4. The van der Waals surface area contributed by atoms with Gasteiger partial charge in [-0.25, -0.2) is 20.6 Å². The minimum absolute atomic E-state index is 0.102. The number of hydrogen-bond acceptors (Lipinski definition) is 8. The molecule has 0 aliphatic carbocycles. The Labute approximate surface area is 190 Å². The number of pyridine rings is 1. The number of hydrazine groups is 1. The fourth-order valence-corrected chi connectivity index (χ4v) is 3.85. The van der Waals surface area contributed by atoms with Gasteiger partial charge in [-0.3, -0.25) is 0 Å². The molecule has 32 heavy (non-hydrogen) atoms. The lowest BCUT2D eigenvalue weighted by atomic mass is 10.1. The number of carbonyl (C=O) groups excluding carboxylic acids is 1. The molecule has 2 aromatic rings. The summed E-state index contributed by atoms with van der Waals surface area (Å²) in [5.41, 5.74) is 4.72. The van der Waals surface area contributed by atoms with E-state index in [1.54, 1.807) is 4.90 Å². The number of nitrogens with two attached hydrogens (primary N) is 1. The molecule has 2 saturated heterocycles. The first-order valence-electron chi connectivity index (χ1n) is 11.2. The third-order valence-corrected chi connectivity index (χ3v) is 5.59. The van der Waals surface area contributed by atoms with Crippen LogP contribution >= 0.6 is 0 Å². The van der Waals surface area contributed by atoms with Crippen LogP contribution in [-0.4, -0.2) is 70.0 Å². The Balaban J connectivity index is 0.000000509. The van der Waals surface area contributed by atoms with Crippen LogP contribution in [0.4, 0.5) is 16.3 Å². The molecule has 10 heteroatoms. The van der Waals surface area contributed by atoms with E-state index in [-0.39, 0.29) is 12.1 Å². The van der Waals surface area contributed by atoms with Gasteiger partial charge in [-0.15, -0.1) is 0 Å². The highest BCUT2D eigenvalue weighted by Crippen LogP contribution is 2.31.